The molecule has 1 aliphatic carbocycles. The molecule has 1 heterocycles. The smallest absolute Gasteiger partial charge is 0.254 e. The highest BCUT2D eigenvalue weighted by atomic mass is 32.1. The third-order valence-electron chi connectivity index (χ3n) is 3.89. The van der Waals surface area contributed by atoms with Crippen molar-refractivity contribution in [2.24, 2.45) is 5.92 Å². The molecule has 3 rings (SSSR count). The molecule has 104 valence electrons. The minimum atomic E-state index is 0.00417. The standard InChI is InChI=1S/C16H18N2OS/c19-16(17-10-12-6-4-5-7-12)14-11-20-18-15(14)13-8-2-1-3-9-13/h1-3,8-9,11-12H,4-7,10H2,(H,17,19). The van der Waals surface area contributed by atoms with Gasteiger partial charge in [-0.25, -0.2) is 0 Å². The molecule has 3 nitrogen and oxygen atoms in total. The molecule has 1 aromatic carbocycles. The van der Waals surface area contributed by atoms with Gasteiger partial charge in [0, 0.05) is 17.5 Å². The molecule has 0 aliphatic heterocycles. The predicted molar refractivity (Wildman–Crippen MR) is 81.8 cm³/mol. The van der Waals surface area contributed by atoms with Crippen LogP contribution in [0, 0.1) is 5.92 Å². The summed E-state index contributed by atoms with van der Waals surface area (Å²) in [5.41, 5.74) is 2.48. The van der Waals surface area contributed by atoms with Crippen molar-refractivity contribution in [2.75, 3.05) is 6.54 Å². The number of hydrogen-bond donors (Lipinski definition) is 1. The molecule has 1 fully saturated rings. The lowest BCUT2D eigenvalue weighted by molar-refractivity contribution is 0.0948. The fourth-order valence-electron chi connectivity index (χ4n) is 2.75. The van der Waals surface area contributed by atoms with Gasteiger partial charge >= 0.3 is 0 Å². The second kappa shape index (κ2) is 6.18. The molecule has 1 N–H and O–H groups in total. The highest BCUT2D eigenvalue weighted by Gasteiger charge is 2.19. The molecule has 0 bridgehead atoms. The van der Waals surface area contributed by atoms with Crippen molar-refractivity contribution in [2.45, 2.75) is 25.7 Å². The molecule has 1 amide bonds. The molecule has 1 aromatic heterocycles. The van der Waals surface area contributed by atoms with Gasteiger partial charge in [-0.15, -0.1) is 0 Å². The lowest BCUT2D eigenvalue weighted by Gasteiger charge is -2.10. The van der Waals surface area contributed by atoms with Gasteiger partial charge in [0.25, 0.3) is 5.91 Å². The molecule has 0 saturated heterocycles. The van der Waals surface area contributed by atoms with E-state index in [1.807, 2.05) is 35.7 Å². The molecule has 2 aromatic rings. The maximum atomic E-state index is 12.3. The average molecular weight is 286 g/mol. The summed E-state index contributed by atoms with van der Waals surface area (Å²) in [6.45, 7) is 0.795. The number of amides is 1. The average Bonchev–Trinajstić information content (AvgIpc) is 3.17. The van der Waals surface area contributed by atoms with Crippen molar-refractivity contribution >= 4 is 17.4 Å². The van der Waals surface area contributed by atoms with Crippen LogP contribution in [-0.2, 0) is 0 Å². The van der Waals surface area contributed by atoms with E-state index in [9.17, 15) is 4.79 Å². The molecule has 20 heavy (non-hydrogen) atoms. The number of benzene rings is 1. The predicted octanol–water partition coefficient (Wildman–Crippen LogP) is 3.73. The fraction of sp³-hybridized carbons (Fsp3) is 0.375. The first kappa shape index (κ1) is 13.3. The Balaban J connectivity index is 1.70. The van der Waals surface area contributed by atoms with Gasteiger partial charge in [0.15, 0.2) is 0 Å². The summed E-state index contributed by atoms with van der Waals surface area (Å²) < 4.78 is 4.37. The van der Waals surface area contributed by atoms with Gasteiger partial charge in [0.2, 0.25) is 0 Å². The summed E-state index contributed by atoms with van der Waals surface area (Å²) in [6.07, 6.45) is 5.09. The number of rotatable bonds is 4. The molecule has 0 radical (unpaired) electrons. The molecule has 1 aliphatic rings. The van der Waals surface area contributed by atoms with Crippen molar-refractivity contribution in [3.8, 4) is 11.3 Å². The first-order valence-electron chi connectivity index (χ1n) is 7.12. The van der Waals surface area contributed by atoms with Crippen molar-refractivity contribution < 1.29 is 4.79 Å². The van der Waals surface area contributed by atoms with Crippen molar-refractivity contribution in [3.63, 3.8) is 0 Å². The van der Waals surface area contributed by atoms with Gasteiger partial charge in [-0.1, -0.05) is 43.2 Å². The second-order valence-corrected chi connectivity index (χ2v) is 5.93. The molecule has 0 atom stereocenters. The SMILES string of the molecule is O=C(NCC1CCCC1)c1csnc1-c1ccccc1. The number of aromatic nitrogens is 1. The first-order valence-corrected chi connectivity index (χ1v) is 7.96. The van der Waals surface area contributed by atoms with E-state index in [1.165, 1.54) is 37.2 Å². The van der Waals surface area contributed by atoms with E-state index in [1.54, 1.807) is 0 Å². The van der Waals surface area contributed by atoms with E-state index in [-0.39, 0.29) is 5.91 Å². The van der Waals surface area contributed by atoms with E-state index in [4.69, 9.17) is 0 Å². The Hall–Kier alpha value is -1.68. The molecular formula is C16H18N2OS. The molecule has 0 unspecified atom stereocenters. The van der Waals surface area contributed by atoms with Crippen LogP contribution in [-0.4, -0.2) is 16.8 Å². The summed E-state index contributed by atoms with van der Waals surface area (Å²) in [7, 11) is 0. The summed E-state index contributed by atoms with van der Waals surface area (Å²) in [6, 6.07) is 9.88. The molecular weight excluding hydrogens is 268 g/mol. The monoisotopic (exact) mass is 286 g/mol. The molecule has 0 spiro atoms. The Labute approximate surface area is 123 Å². The topological polar surface area (TPSA) is 42.0 Å². The van der Waals surface area contributed by atoms with Crippen molar-refractivity contribution in [1.82, 2.24) is 9.69 Å². The Kier molecular flexibility index (Phi) is 4.11. The second-order valence-electron chi connectivity index (χ2n) is 5.30. The highest BCUT2D eigenvalue weighted by Crippen LogP contribution is 2.25. The van der Waals surface area contributed by atoms with Gasteiger partial charge < -0.3 is 5.32 Å². The Bertz CT molecular complexity index is 573. The first-order chi connectivity index (χ1) is 9.84. The minimum absolute atomic E-state index is 0.00417. The fourth-order valence-corrected chi connectivity index (χ4v) is 3.43. The lowest BCUT2D eigenvalue weighted by atomic mass is 10.1. The van der Waals surface area contributed by atoms with Crippen LogP contribution in [0.15, 0.2) is 35.7 Å². The van der Waals surface area contributed by atoms with Crippen LogP contribution in [0.4, 0.5) is 0 Å². The van der Waals surface area contributed by atoms with Gasteiger partial charge in [-0.2, -0.15) is 4.37 Å². The highest BCUT2D eigenvalue weighted by molar-refractivity contribution is 7.04. The van der Waals surface area contributed by atoms with Gasteiger partial charge in [0.05, 0.1) is 11.3 Å². The Morgan fingerprint density at radius 2 is 2.00 bits per heavy atom. The maximum absolute atomic E-state index is 12.3. The zero-order valence-electron chi connectivity index (χ0n) is 11.3. The lowest BCUT2D eigenvalue weighted by Crippen LogP contribution is -2.28. The van der Waals surface area contributed by atoms with Crippen LogP contribution in [0.25, 0.3) is 11.3 Å². The van der Waals surface area contributed by atoms with E-state index in [0.29, 0.717) is 11.5 Å². The number of hydrogen-bond acceptors (Lipinski definition) is 3. The summed E-state index contributed by atoms with van der Waals surface area (Å²) in [5, 5.41) is 4.90. The van der Waals surface area contributed by atoms with Crippen LogP contribution >= 0.6 is 11.5 Å². The van der Waals surface area contributed by atoms with Gasteiger partial charge in [-0.3, -0.25) is 4.79 Å². The van der Waals surface area contributed by atoms with E-state index >= 15 is 0 Å². The van der Waals surface area contributed by atoms with Gasteiger partial charge in [-0.05, 0) is 30.3 Å². The Morgan fingerprint density at radius 1 is 1.25 bits per heavy atom. The number of nitrogens with zero attached hydrogens (tertiary/aromatic N) is 1. The van der Waals surface area contributed by atoms with E-state index in [0.717, 1.165) is 17.8 Å². The summed E-state index contributed by atoms with van der Waals surface area (Å²) >= 11 is 1.34. The van der Waals surface area contributed by atoms with Crippen LogP contribution in [0.5, 0.6) is 0 Å². The van der Waals surface area contributed by atoms with Crippen molar-refractivity contribution in [3.05, 3.63) is 41.3 Å². The minimum Gasteiger partial charge on any atom is -0.352 e. The van der Waals surface area contributed by atoms with Crippen LogP contribution in [0.3, 0.4) is 0 Å². The van der Waals surface area contributed by atoms with E-state index in [2.05, 4.69) is 9.69 Å². The van der Waals surface area contributed by atoms with Crippen LogP contribution < -0.4 is 5.32 Å². The molecule has 1 saturated carbocycles. The number of carbonyl (C=O) groups is 1. The van der Waals surface area contributed by atoms with Crippen LogP contribution in [0.1, 0.15) is 36.0 Å². The summed E-state index contributed by atoms with van der Waals surface area (Å²) in [5.74, 6) is 0.662. The molecule has 4 heteroatoms. The summed E-state index contributed by atoms with van der Waals surface area (Å²) in [4.78, 5) is 12.3. The zero-order valence-corrected chi connectivity index (χ0v) is 12.2. The van der Waals surface area contributed by atoms with E-state index < -0.39 is 0 Å². The van der Waals surface area contributed by atoms with Crippen molar-refractivity contribution in [1.29, 1.82) is 0 Å². The zero-order chi connectivity index (χ0) is 13.8. The number of carbonyl (C=O) groups excluding carboxylic acids is 1. The Morgan fingerprint density at radius 3 is 2.75 bits per heavy atom. The maximum Gasteiger partial charge on any atom is 0.254 e. The number of nitrogens with one attached hydrogen (secondary N) is 1. The largest absolute Gasteiger partial charge is 0.352 e. The quantitative estimate of drug-likeness (QED) is 0.930. The third-order valence-corrected chi connectivity index (χ3v) is 4.52. The normalized spacial score (nSPS) is 15.4. The third kappa shape index (κ3) is 2.90. The van der Waals surface area contributed by atoms with Crippen LogP contribution in [0.2, 0.25) is 0 Å². The van der Waals surface area contributed by atoms with Gasteiger partial charge in [0.1, 0.15) is 0 Å².